The molecular weight excluding hydrogens is 407 g/mol. The maximum atomic E-state index is 13.3. The zero-order valence-electron chi connectivity index (χ0n) is 18.7. The van der Waals surface area contributed by atoms with Gasteiger partial charge in [-0.2, -0.15) is 0 Å². The Bertz CT molecular complexity index is 1060. The molecule has 3 rings (SSSR count). The third-order valence-corrected chi connectivity index (χ3v) is 5.54. The average Bonchev–Trinajstić information content (AvgIpc) is 2.81. The van der Waals surface area contributed by atoms with Crippen LogP contribution in [0.4, 0.5) is 4.39 Å². The Labute approximate surface area is 188 Å². The van der Waals surface area contributed by atoms with Crippen molar-refractivity contribution in [3.63, 3.8) is 0 Å². The molecule has 3 aromatic carbocycles. The van der Waals surface area contributed by atoms with E-state index in [0.29, 0.717) is 5.75 Å². The van der Waals surface area contributed by atoms with Gasteiger partial charge in [0.2, 0.25) is 5.91 Å². The second-order valence-corrected chi connectivity index (χ2v) is 7.91. The zero-order valence-corrected chi connectivity index (χ0v) is 18.7. The first-order chi connectivity index (χ1) is 15.4. The molecule has 2 atom stereocenters. The summed E-state index contributed by atoms with van der Waals surface area (Å²) in [6.45, 7) is 5.55. The summed E-state index contributed by atoms with van der Waals surface area (Å²) in [6.07, 6.45) is 0.786. The van der Waals surface area contributed by atoms with Gasteiger partial charge in [0.15, 0.2) is 6.61 Å². The lowest BCUT2D eigenvalue weighted by atomic mass is 10.1. The van der Waals surface area contributed by atoms with Gasteiger partial charge in [-0.05, 0) is 49.4 Å². The normalized spacial score (nSPS) is 12.8. The number of benzene rings is 3. The Morgan fingerprint density at radius 2 is 1.69 bits per heavy atom. The molecule has 0 fully saturated rings. The molecule has 0 saturated carbocycles. The molecule has 0 radical (unpaired) electrons. The maximum Gasteiger partial charge on any atom is 0.261 e. The highest BCUT2D eigenvalue weighted by Gasteiger charge is 2.27. The largest absolute Gasteiger partial charge is 0.483 e. The van der Waals surface area contributed by atoms with Gasteiger partial charge in [-0.3, -0.25) is 9.59 Å². The Morgan fingerprint density at radius 3 is 2.41 bits per heavy atom. The van der Waals surface area contributed by atoms with Crippen molar-refractivity contribution in [3.8, 4) is 5.75 Å². The van der Waals surface area contributed by atoms with Crippen molar-refractivity contribution in [2.24, 2.45) is 0 Å². The third-order valence-electron chi connectivity index (χ3n) is 5.54. The Kier molecular flexibility index (Phi) is 7.82. The van der Waals surface area contributed by atoms with Gasteiger partial charge in [0.05, 0.1) is 0 Å². The molecule has 1 N–H and O–H groups in total. The van der Waals surface area contributed by atoms with E-state index in [1.807, 2.05) is 56.3 Å². The van der Waals surface area contributed by atoms with Crippen molar-refractivity contribution in [2.45, 2.75) is 45.8 Å². The Hall–Kier alpha value is -3.41. The number of halogens is 1. The molecular formula is C26H29FN2O3. The number of carbonyl (C=O) groups is 2. The van der Waals surface area contributed by atoms with E-state index < -0.39 is 6.04 Å². The fourth-order valence-corrected chi connectivity index (χ4v) is 3.38. The molecule has 0 saturated heterocycles. The summed E-state index contributed by atoms with van der Waals surface area (Å²) < 4.78 is 19.2. The highest BCUT2D eigenvalue weighted by Crippen LogP contribution is 2.25. The fraction of sp³-hybridized carbons (Fsp3) is 0.308. The minimum Gasteiger partial charge on any atom is -0.483 e. The SMILES string of the molecule is CC[C@@H](C)NC(=O)[C@@H](C)N(Cc1ccc(F)cc1)C(=O)COc1cccc2ccccc12. The molecule has 5 nitrogen and oxygen atoms in total. The van der Waals surface area contributed by atoms with E-state index in [0.717, 1.165) is 22.8 Å². The van der Waals surface area contributed by atoms with Crippen molar-refractivity contribution in [3.05, 3.63) is 78.1 Å². The third kappa shape index (κ3) is 5.84. The van der Waals surface area contributed by atoms with Crippen LogP contribution in [0, 0.1) is 5.82 Å². The number of nitrogens with zero attached hydrogens (tertiary/aromatic N) is 1. The molecule has 0 heterocycles. The van der Waals surface area contributed by atoms with Crippen LogP contribution in [0.15, 0.2) is 66.7 Å². The zero-order chi connectivity index (χ0) is 23.1. The number of hydrogen-bond acceptors (Lipinski definition) is 3. The van der Waals surface area contributed by atoms with E-state index in [2.05, 4.69) is 5.32 Å². The van der Waals surface area contributed by atoms with Crippen LogP contribution in [0.3, 0.4) is 0 Å². The van der Waals surface area contributed by atoms with E-state index >= 15 is 0 Å². The van der Waals surface area contributed by atoms with E-state index in [-0.39, 0.29) is 36.8 Å². The molecule has 3 aromatic rings. The van der Waals surface area contributed by atoms with Crippen LogP contribution in [-0.4, -0.2) is 35.4 Å². The van der Waals surface area contributed by atoms with Crippen molar-refractivity contribution in [1.29, 1.82) is 0 Å². The smallest absolute Gasteiger partial charge is 0.261 e. The van der Waals surface area contributed by atoms with Gasteiger partial charge in [-0.1, -0.05) is 55.5 Å². The molecule has 0 spiro atoms. The Morgan fingerprint density at radius 1 is 1.00 bits per heavy atom. The number of ether oxygens (including phenoxy) is 1. The molecule has 168 valence electrons. The van der Waals surface area contributed by atoms with Gasteiger partial charge in [0, 0.05) is 18.0 Å². The quantitative estimate of drug-likeness (QED) is 0.529. The van der Waals surface area contributed by atoms with Gasteiger partial charge < -0.3 is 15.0 Å². The van der Waals surface area contributed by atoms with Crippen molar-refractivity contribution in [2.75, 3.05) is 6.61 Å². The topological polar surface area (TPSA) is 58.6 Å². The molecule has 0 aromatic heterocycles. The lowest BCUT2D eigenvalue weighted by Crippen LogP contribution is -2.50. The van der Waals surface area contributed by atoms with E-state index in [1.54, 1.807) is 19.1 Å². The van der Waals surface area contributed by atoms with Crippen molar-refractivity contribution < 1.29 is 18.7 Å². The summed E-state index contributed by atoms with van der Waals surface area (Å²) in [5.41, 5.74) is 0.730. The van der Waals surface area contributed by atoms with Gasteiger partial charge in [0.1, 0.15) is 17.6 Å². The van der Waals surface area contributed by atoms with Crippen molar-refractivity contribution >= 4 is 22.6 Å². The van der Waals surface area contributed by atoms with E-state index in [4.69, 9.17) is 4.74 Å². The molecule has 6 heteroatoms. The van der Waals surface area contributed by atoms with Crippen LogP contribution >= 0.6 is 0 Å². The monoisotopic (exact) mass is 436 g/mol. The standard InChI is InChI=1S/C26H29FN2O3/c1-4-18(2)28-26(31)19(3)29(16-20-12-14-22(27)15-13-20)25(30)17-32-24-11-7-9-21-8-5-6-10-23(21)24/h5-15,18-19H,4,16-17H2,1-3H3,(H,28,31)/t18-,19-/m1/s1. The number of rotatable bonds is 9. The first-order valence-corrected chi connectivity index (χ1v) is 10.8. The first-order valence-electron chi connectivity index (χ1n) is 10.8. The number of carbonyl (C=O) groups excluding carboxylic acids is 2. The summed E-state index contributed by atoms with van der Waals surface area (Å²) in [5, 5.41) is 4.85. The Balaban J connectivity index is 1.78. The second kappa shape index (κ2) is 10.8. The lowest BCUT2D eigenvalue weighted by Gasteiger charge is -2.29. The number of fused-ring (bicyclic) bond motifs is 1. The minimum atomic E-state index is -0.710. The summed E-state index contributed by atoms with van der Waals surface area (Å²) >= 11 is 0. The highest BCUT2D eigenvalue weighted by atomic mass is 19.1. The summed E-state index contributed by atoms with van der Waals surface area (Å²) in [7, 11) is 0. The highest BCUT2D eigenvalue weighted by molar-refractivity contribution is 5.90. The number of amides is 2. The number of hydrogen-bond donors (Lipinski definition) is 1. The van der Waals surface area contributed by atoms with Crippen LogP contribution in [0.2, 0.25) is 0 Å². The molecule has 0 unspecified atom stereocenters. The molecule has 0 aliphatic rings. The van der Waals surface area contributed by atoms with Gasteiger partial charge >= 0.3 is 0 Å². The number of nitrogens with one attached hydrogen (secondary N) is 1. The predicted molar refractivity (Wildman–Crippen MR) is 124 cm³/mol. The van der Waals surface area contributed by atoms with Gasteiger partial charge in [-0.25, -0.2) is 4.39 Å². The molecule has 0 aliphatic heterocycles. The van der Waals surface area contributed by atoms with Crippen LogP contribution in [0.25, 0.3) is 10.8 Å². The summed E-state index contributed by atoms with van der Waals surface area (Å²) in [4.78, 5) is 27.4. The van der Waals surface area contributed by atoms with Crippen LogP contribution in [0.1, 0.15) is 32.8 Å². The minimum absolute atomic E-state index is 0.000318. The second-order valence-electron chi connectivity index (χ2n) is 7.91. The fourth-order valence-electron chi connectivity index (χ4n) is 3.38. The van der Waals surface area contributed by atoms with Crippen molar-refractivity contribution in [1.82, 2.24) is 10.2 Å². The lowest BCUT2D eigenvalue weighted by molar-refractivity contribution is -0.142. The molecule has 0 bridgehead atoms. The predicted octanol–water partition coefficient (Wildman–Crippen LogP) is 4.69. The van der Waals surface area contributed by atoms with E-state index in [9.17, 15) is 14.0 Å². The van der Waals surface area contributed by atoms with E-state index in [1.165, 1.54) is 17.0 Å². The van der Waals surface area contributed by atoms with Gasteiger partial charge in [0.25, 0.3) is 5.91 Å². The first kappa shape index (κ1) is 23.3. The van der Waals surface area contributed by atoms with Crippen LogP contribution in [0.5, 0.6) is 5.75 Å². The summed E-state index contributed by atoms with van der Waals surface area (Å²) in [5.74, 6) is -0.308. The molecule has 2 amide bonds. The maximum absolute atomic E-state index is 13.3. The van der Waals surface area contributed by atoms with Crippen LogP contribution < -0.4 is 10.1 Å². The van der Waals surface area contributed by atoms with Gasteiger partial charge in [-0.15, -0.1) is 0 Å². The molecule has 32 heavy (non-hydrogen) atoms. The molecule has 0 aliphatic carbocycles. The average molecular weight is 437 g/mol. The van der Waals surface area contributed by atoms with Crippen LogP contribution in [-0.2, 0) is 16.1 Å². The summed E-state index contributed by atoms with van der Waals surface area (Å²) in [6, 6.07) is 18.6.